The van der Waals surface area contributed by atoms with Crippen LogP contribution in [0.15, 0.2) is 24.5 Å². The van der Waals surface area contributed by atoms with Gasteiger partial charge in [0.2, 0.25) is 0 Å². The molecule has 0 aliphatic heterocycles. The standard InChI is InChI=1S/C12H16N2O/c15-12(11-6-3-7-13-9-11)14-8-10-4-1-2-5-10/h3,6-7,9-10H,1-2,4-5,8H2,(H,14,15). The van der Waals surface area contributed by atoms with E-state index in [1.165, 1.54) is 25.7 Å². The minimum atomic E-state index is -0.00463. The predicted molar refractivity (Wildman–Crippen MR) is 58.5 cm³/mol. The summed E-state index contributed by atoms with van der Waals surface area (Å²) < 4.78 is 0. The Kier molecular flexibility index (Phi) is 3.33. The van der Waals surface area contributed by atoms with Crippen LogP contribution in [0, 0.1) is 5.92 Å². The summed E-state index contributed by atoms with van der Waals surface area (Å²) in [5.41, 5.74) is 0.649. The average Bonchev–Trinajstić information content (AvgIpc) is 2.80. The maximum Gasteiger partial charge on any atom is 0.252 e. The first-order valence-electron chi connectivity index (χ1n) is 5.54. The van der Waals surface area contributed by atoms with Gasteiger partial charge in [-0.2, -0.15) is 0 Å². The molecule has 80 valence electrons. The van der Waals surface area contributed by atoms with Gasteiger partial charge in [0.1, 0.15) is 0 Å². The molecule has 1 saturated carbocycles. The highest BCUT2D eigenvalue weighted by Gasteiger charge is 2.15. The minimum Gasteiger partial charge on any atom is -0.352 e. The van der Waals surface area contributed by atoms with E-state index in [0.717, 1.165) is 6.54 Å². The molecule has 2 rings (SSSR count). The Morgan fingerprint density at radius 2 is 2.27 bits per heavy atom. The van der Waals surface area contributed by atoms with E-state index >= 15 is 0 Å². The molecule has 1 aliphatic rings. The largest absolute Gasteiger partial charge is 0.352 e. The molecule has 0 saturated heterocycles. The number of carbonyl (C=O) groups is 1. The second kappa shape index (κ2) is 4.91. The fraction of sp³-hybridized carbons (Fsp3) is 0.500. The van der Waals surface area contributed by atoms with Gasteiger partial charge >= 0.3 is 0 Å². The first kappa shape index (κ1) is 10.1. The molecule has 3 nitrogen and oxygen atoms in total. The van der Waals surface area contributed by atoms with Crippen molar-refractivity contribution < 1.29 is 4.79 Å². The van der Waals surface area contributed by atoms with Crippen LogP contribution in [0.25, 0.3) is 0 Å². The molecule has 0 atom stereocenters. The van der Waals surface area contributed by atoms with Crippen molar-refractivity contribution in [2.24, 2.45) is 5.92 Å². The highest BCUT2D eigenvalue weighted by molar-refractivity contribution is 5.93. The van der Waals surface area contributed by atoms with Crippen molar-refractivity contribution in [1.29, 1.82) is 0 Å². The number of nitrogens with one attached hydrogen (secondary N) is 1. The Bertz CT molecular complexity index is 318. The molecule has 1 heterocycles. The molecule has 1 N–H and O–H groups in total. The van der Waals surface area contributed by atoms with Crippen LogP contribution >= 0.6 is 0 Å². The van der Waals surface area contributed by atoms with E-state index in [9.17, 15) is 4.79 Å². The summed E-state index contributed by atoms with van der Waals surface area (Å²) in [7, 11) is 0. The van der Waals surface area contributed by atoms with E-state index in [4.69, 9.17) is 0 Å². The summed E-state index contributed by atoms with van der Waals surface area (Å²) in [4.78, 5) is 15.6. The maximum atomic E-state index is 11.7. The zero-order chi connectivity index (χ0) is 10.5. The Hall–Kier alpha value is -1.38. The highest BCUT2D eigenvalue weighted by Crippen LogP contribution is 2.23. The second-order valence-electron chi connectivity index (χ2n) is 4.10. The Balaban J connectivity index is 1.82. The van der Waals surface area contributed by atoms with Gasteiger partial charge in [-0.25, -0.2) is 0 Å². The molecule has 1 aliphatic carbocycles. The van der Waals surface area contributed by atoms with Gasteiger partial charge in [-0.3, -0.25) is 9.78 Å². The van der Waals surface area contributed by atoms with Crippen molar-refractivity contribution in [1.82, 2.24) is 10.3 Å². The second-order valence-corrected chi connectivity index (χ2v) is 4.10. The molecule has 15 heavy (non-hydrogen) atoms. The lowest BCUT2D eigenvalue weighted by Crippen LogP contribution is -2.28. The molecule has 0 unspecified atom stereocenters. The van der Waals surface area contributed by atoms with Crippen LogP contribution in [0.4, 0.5) is 0 Å². The van der Waals surface area contributed by atoms with E-state index in [1.807, 2.05) is 0 Å². The average molecular weight is 204 g/mol. The van der Waals surface area contributed by atoms with Crippen molar-refractivity contribution in [3.8, 4) is 0 Å². The molecule has 0 bridgehead atoms. The quantitative estimate of drug-likeness (QED) is 0.818. The lowest BCUT2D eigenvalue weighted by atomic mass is 10.1. The van der Waals surface area contributed by atoms with Crippen LogP contribution in [0.5, 0.6) is 0 Å². The number of aromatic nitrogens is 1. The predicted octanol–water partition coefficient (Wildman–Crippen LogP) is 2.00. The van der Waals surface area contributed by atoms with Crippen LogP contribution in [-0.4, -0.2) is 17.4 Å². The Morgan fingerprint density at radius 1 is 1.47 bits per heavy atom. The van der Waals surface area contributed by atoms with E-state index in [2.05, 4.69) is 10.3 Å². The van der Waals surface area contributed by atoms with Crippen LogP contribution in [0.1, 0.15) is 36.0 Å². The van der Waals surface area contributed by atoms with Crippen LogP contribution < -0.4 is 5.32 Å². The molecule has 0 radical (unpaired) electrons. The third-order valence-electron chi connectivity index (χ3n) is 2.95. The fourth-order valence-corrected chi connectivity index (χ4v) is 2.05. The summed E-state index contributed by atoms with van der Waals surface area (Å²) >= 11 is 0. The molecule has 1 fully saturated rings. The molecule has 1 amide bonds. The zero-order valence-corrected chi connectivity index (χ0v) is 8.78. The van der Waals surface area contributed by atoms with E-state index < -0.39 is 0 Å². The SMILES string of the molecule is O=C(NCC1CCCC1)c1cccnc1. The van der Waals surface area contributed by atoms with Gasteiger partial charge in [-0.1, -0.05) is 12.8 Å². The smallest absolute Gasteiger partial charge is 0.252 e. The lowest BCUT2D eigenvalue weighted by Gasteiger charge is -2.10. The Labute approximate surface area is 89.9 Å². The van der Waals surface area contributed by atoms with Gasteiger partial charge in [0.05, 0.1) is 5.56 Å². The van der Waals surface area contributed by atoms with Gasteiger partial charge in [0.25, 0.3) is 5.91 Å². The molecular weight excluding hydrogens is 188 g/mol. The summed E-state index contributed by atoms with van der Waals surface area (Å²) in [6.45, 7) is 0.813. The first-order chi connectivity index (χ1) is 7.36. The van der Waals surface area contributed by atoms with Crippen molar-refractivity contribution >= 4 is 5.91 Å². The fourth-order valence-electron chi connectivity index (χ4n) is 2.05. The van der Waals surface area contributed by atoms with Gasteiger partial charge in [0, 0.05) is 18.9 Å². The van der Waals surface area contributed by atoms with Gasteiger partial charge in [-0.05, 0) is 30.9 Å². The molecule has 1 aromatic heterocycles. The van der Waals surface area contributed by atoms with Crippen LogP contribution in [0.3, 0.4) is 0 Å². The minimum absolute atomic E-state index is 0.00463. The first-order valence-corrected chi connectivity index (χ1v) is 5.54. The normalized spacial score (nSPS) is 16.5. The van der Waals surface area contributed by atoms with Crippen molar-refractivity contribution in [3.05, 3.63) is 30.1 Å². The summed E-state index contributed by atoms with van der Waals surface area (Å²) in [6.07, 6.45) is 8.42. The molecule has 3 heteroatoms. The molecular formula is C12H16N2O. The van der Waals surface area contributed by atoms with E-state index in [1.54, 1.807) is 24.5 Å². The number of carbonyl (C=O) groups excluding carboxylic acids is 1. The third-order valence-corrected chi connectivity index (χ3v) is 2.95. The number of pyridine rings is 1. The number of nitrogens with zero attached hydrogens (tertiary/aromatic N) is 1. The number of hydrogen-bond donors (Lipinski definition) is 1. The van der Waals surface area contributed by atoms with Gasteiger partial charge < -0.3 is 5.32 Å². The van der Waals surface area contributed by atoms with Crippen LogP contribution in [-0.2, 0) is 0 Å². The lowest BCUT2D eigenvalue weighted by molar-refractivity contribution is 0.0947. The molecule has 0 aromatic carbocycles. The van der Waals surface area contributed by atoms with Crippen molar-refractivity contribution in [3.63, 3.8) is 0 Å². The zero-order valence-electron chi connectivity index (χ0n) is 8.78. The topological polar surface area (TPSA) is 42.0 Å². The van der Waals surface area contributed by atoms with Gasteiger partial charge in [0.15, 0.2) is 0 Å². The molecule has 1 aromatic rings. The number of rotatable bonds is 3. The van der Waals surface area contributed by atoms with Crippen molar-refractivity contribution in [2.75, 3.05) is 6.54 Å². The Morgan fingerprint density at radius 3 is 2.93 bits per heavy atom. The summed E-state index contributed by atoms with van der Waals surface area (Å²) in [5, 5.41) is 2.96. The molecule has 0 spiro atoms. The maximum absolute atomic E-state index is 11.7. The number of hydrogen-bond acceptors (Lipinski definition) is 2. The third kappa shape index (κ3) is 2.78. The van der Waals surface area contributed by atoms with Crippen LogP contribution in [0.2, 0.25) is 0 Å². The monoisotopic (exact) mass is 204 g/mol. The summed E-state index contributed by atoms with van der Waals surface area (Å²) in [6, 6.07) is 3.57. The van der Waals surface area contributed by atoms with Gasteiger partial charge in [-0.15, -0.1) is 0 Å². The summed E-state index contributed by atoms with van der Waals surface area (Å²) in [5.74, 6) is 0.681. The van der Waals surface area contributed by atoms with E-state index in [-0.39, 0.29) is 5.91 Å². The highest BCUT2D eigenvalue weighted by atomic mass is 16.1. The van der Waals surface area contributed by atoms with Crippen molar-refractivity contribution in [2.45, 2.75) is 25.7 Å². The van der Waals surface area contributed by atoms with E-state index in [0.29, 0.717) is 11.5 Å². The number of amides is 1.